The molecule has 0 aromatic heterocycles. The maximum Gasteiger partial charge on any atom is 0.140 e. The van der Waals surface area contributed by atoms with E-state index in [1.807, 2.05) is 19.0 Å². The lowest BCUT2D eigenvalue weighted by molar-refractivity contribution is 0.602. The van der Waals surface area contributed by atoms with E-state index in [4.69, 9.17) is 11.6 Å². The summed E-state index contributed by atoms with van der Waals surface area (Å²) in [6.07, 6.45) is 0.895. The lowest BCUT2D eigenvalue weighted by atomic mass is 10.2. The number of nitrogens with zero attached hydrogens (tertiary/aromatic N) is 1. The van der Waals surface area contributed by atoms with E-state index in [2.05, 4.69) is 33.3 Å². The minimum atomic E-state index is -0.444. The molecule has 5 nitrogen and oxygen atoms in total. The van der Waals surface area contributed by atoms with Crippen molar-refractivity contribution in [1.82, 2.24) is 15.4 Å². The molecule has 10 heteroatoms. The van der Waals surface area contributed by atoms with E-state index in [0.29, 0.717) is 32.8 Å². The molecule has 2 aromatic rings. The molecule has 0 fully saturated rings. The second-order valence-electron chi connectivity index (χ2n) is 6.42. The number of rotatable bonds is 11. The monoisotopic (exact) mass is 473 g/mol. The van der Waals surface area contributed by atoms with E-state index < -0.39 is 5.82 Å². The lowest BCUT2D eigenvalue weighted by Gasteiger charge is -2.23. The summed E-state index contributed by atoms with van der Waals surface area (Å²) in [5, 5.41) is 11.0. The zero-order chi connectivity index (χ0) is 22.1. The van der Waals surface area contributed by atoms with Crippen LogP contribution in [0, 0.1) is 11.6 Å². The van der Waals surface area contributed by atoms with Gasteiger partial charge in [0.1, 0.15) is 17.5 Å². The Kier molecular flexibility index (Phi) is 9.90. The second kappa shape index (κ2) is 12.1. The van der Waals surface area contributed by atoms with Crippen molar-refractivity contribution in [3.8, 4) is 0 Å². The fourth-order valence-corrected chi connectivity index (χ4v) is 3.91. The van der Waals surface area contributed by atoms with Gasteiger partial charge >= 0.3 is 0 Å². The number of halogens is 3. The van der Waals surface area contributed by atoms with Gasteiger partial charge in [-0.05, 0) is 56.2 Å². The van der Waals surface area contributed by atoms with E-state index in [1.54, 1.807) is 13.1 Å². The Hall–Kier alpha value is -1.81. The summed E-state index contributed by atoms with van der Waals surface area (Å²) in [6, 6.07) is 7.28. The smallest absolute Gasteiger partial charge is 0.140 e. The molecule has 0 unspecified atom stereocenters. The van der Waals surface area contributed by atoms with Gasteiger partial charge in [-0.15, -0.1) is 12.6 Å². The van der Waals surface area contributed by atoms with Gasteiger partial charge in [-0.3, -0.25) is 0 Å². The third kappa shape index (κ3) is 6.87. The molecule has 0 radical (unpaired) electrons. The van der Waals surface area contributed by atoms with Crippen LogP contribution < -0.4 is 25.6 Å². The average molecular weight is 474 g/mol. The van der Waals surface area contributed by atoms with Gasteiger partial charge in [0.15, 0.2) is 0 Å². The quantitative estimate of drug-likeness (QED) is 0.181. The highest BCUT2D eigenvalue weighted by Crippen LogP contribution is 2.35. The van der Waals surface area contributed by atoms with Gasteiger partial charge in [-0.1, -0.05) is 11.6 Å². The van der Waals surface area contributed by atoms with E-state index in [1.165, 1.54) is 29.7 Å². The maximum absolute atomic E-state index is 14.6. The number of hydrogen-bond donors (Lipinski definition) is 5. The van der Waals surface area contributed by atoms with Crippen LogP contribution in [0.4, 0.5) is 25.8 Å². The van der Waals surface area contributed by atoms with E-state index >= 15 is 0 Å². The summed E-state index contributed by atoms with van der Waals surface area (Å²) in [5.74, 6) is -0.165. The van der Waals surface area contributed by atoms with Gasteiger partial charge in [0.25, 0.3) is 0 Å². The first-order valence-corrected chi connectivity index (χ1v) is 11.0. The molecule has 2 aromatic carbocycles. The molecule has 0 aliphatic rings. The first kappa shape index (κ1) is 24.5. The van der Waals surface area contributed by atoms with Crippen LogP contribution in [0.5, 0.6) is 0 Å². The summed E-state index contributed by atoms with van der Waals surface area (Å²) in [5.41, 5.74) is 1.70. The van der Waals surface area contributed by atoms with Crippen molar-refractivity contribution < 1.29 is 8.78 Å². The fraction of sp³-hybridized carbons (Fsp3) is 0.300. The van der Waals surface area contributed by atoms with Gasteiger partial charge < -0.3 is 25.6 Å². The van der Waals surface area contributed by atoms with Crippen LogP contribution in [-0.2, 0) is 0 Å². The highest BCUT2D eigenvalue weighted by atomic mass is 35.5. The molecular formula is C20H26ClF2N5S2. The number of hydrogen-bond acceptors (Lipinski definition) is 7. The number of nitrogens with one attached hydrogen (secondary N) is 4. The van der Waals surface area contributed by atoms with Crippen LogP contribution in [0.2, 0.25) is 5.02 Å². The maximum atomic E-state index is 14.6. The largest absolute Gasteiger partial charge is 0.374 e. The molecule has 0 spiro atoms. The molecule has 4 N–H and O–H groups in total. The highest BCUT2D eigenvalue weighted by Gasteiger charge is 2.14. The summed E-state index contributed by atoms with van der Waals surface area (Å²) >= 11 is 11.5. The van der Waals surface area contributed by atoms with Crippen molar-refractivity contribution in [3.05, 3.63) is 58.2 Å². The molecule has 0 saturated heterocycles. The Morgan fingerprint density at radius 2 is 1.97 bits per heavy atom. The average Bonchev–Trinajstić information content (AvgIpc) is 2.73. The molecule has 2 rings (SSSR count). The van der Waals surface area contributed by atoms with E-state index in [0.717, 1.165) is 31.5 Å². The van der Waals surface area contributed by atoms with Gasteiger partial charge in [-0.2, -0.15) is 0 Å². The number of anilines is 3. The molecule has 0 aliphatic carbocycles. The van der Waals surface area contributed by atoms with E-state index in [9.17, 15) is 8.78 Å². The van der Waals surface area contributed by atoms with Crippen molar-refractivity contribution >= 4 is 53.2 Å². The van der Waals surface area contributed by atoms with Crippen LogP contribution >= 0.6 is 36.2 Å². The summed E-state index contributed by atoms with van der Waals surface area (Å²) < 4.78 is 31.4. The predicted molar refractivity (Wildman–Crippen MR) is 128 cm³/mol. The van der Waals surface area contributed by atoms with Crippen molar-refractivity contribution in [2.45, 2.75) is 11.3 Å². The van der Waals surface area contributed by atoms with Gasteiger partial charge in [-0.25, -0.2) is 8.78 Å². The lowest BCUT2D eigenvalue weighted by Crippen LogP contribution is -2.23. The molecule has 30 heavy (non-hydrogen) atoms. The molecule has 0 atom stereocenters. The van der Waals surface area contributed by atoms with E-state index in [-0.39, 0.29) is 5.82 Å². The first-order valence-electron chi connectivity index (χ1n) is 9.26. The predicted octanol–water partition coefficient (Wildman–Crippen LogP) is 4.95. The Morgan fingerprint density at radius 3 is 2.63 bits per heavy atom. The summed E-state index contributed by atoms with van der Waals surface area (Å²) in [7, 11) is 5.50. The van der Waals surface area contributed by atoms with Crippen LogP contribution in [0.15, 0.2) is 46.5 Å². The molecule has 0 aliphatic heterocycles. The standard InChI is InChI=1S/C20H26ClF2N5S2/c1-24-7-4-8-28(3)18-9-13(22)5-6-16(18)26-17-11-15(23)19(10-14(17)21)30-27-20(12-29)25-2/h5-6,9-12,24-27,29H,4,7-8H2,1-3H3/b20-12+. The van der Waals surface area contributed by atoms with Crippen LogP contribution in [0.3, 0.4) is 0 Å². The van der Waals surface area contributed by atoms with Crippen LogP contribution in [0.25, 0.3) is 0 Å². The fourth-order valence-electron chi connectivity index (χ4n) is 2.64. The van der Waals surface area contributed by atoms with Gasteiger partial charge in [0.2, 0.25) is 0 Å². The van der Waals surface area contributed by atoms with Gasteiger partial charge in [0.05, 0.1) is 27.0 Å². The summed E-state index contributed by atoms with van der Waals surface area (Å²) in [4.78, 5) is 2.28. The third-order valence-corrected chi connectivity index (χ3v) is 5.68. The highest BCUT2D eigenvalue weighted by molar-refractivity contribution is 7.97. The van der Waals surface area contributed by atoms with Crippen molar-refractivity contribution in [3.63, 3.8) is 0 Å². The van der Waals surface area contributed by atoms with Crippen molar-refractivity contribution in [2.75, 3.05) is 44.4 Å². The minimum Gasteiger partial charge on any atom is -0.374 e. The Morgan fingerprint density at radius 1 is 1.20 bits per heavy atom. The third-order valence-electron chi connectivity index (χ3n) is 4.25. The molecule has 0 bridgehead atoms. The Balaban J connectivity index is 2.22. The van der Waals surface area contributed by atoms with Crippen molar-refractivity contribution in [1.29, 1.82) is 0 Å². The van der Waals surface area contributed by atoms with Crippen LogP contribution in [0.1, 0.15) is 6.42 Å². The zero-order valence-corrected chi connectivity index (χ0v) is 19.5. The summed E-state index contributed by atoms with van der Waals surface area (Å²) in [6.45, 7) is 1.58. The molecule has 0 amide bonds. The molecular weight excluding hydrogens is 448 g/mol. The second-order valence-corrected chi connectivity index (χ2v) is 7.94. The number of benzene rings is 2. The molecule has 0 heterocycles. The topological polar surface area (TPSA) is 51.4 Å². The minimum absolute atomic E-state index is 0.331. The van der Waals surface area contributed by atoms with Crippen molar-refractivity contribution in [2.24, 2.45) is 0 Å². The molecule has 164 valence electrons. The zero-order valence-electron chi connectivity index (χ0n) is 17.0. The number of thiol groups is 1. The normalized spacial score (nSPS) is 11.4. The SMILES string of the molecule is CNCCCN(C)c1cc(F)ccc1Nc1cc(F)c(SN/C(=C/S)NC)cc1Cl. The van der Waals surface area contributed by atoms with Gasteiger partial charge in [0, 0.05) is 32.1 Å². The molecule has 0 saturated carbocycles. The van der Waals surface area contributed by atoms with Crippen LogP contribution in [-0.4, -0.2) is 34.2 Å². The Bertz CT molecular complexity index is 883. The Labute approximate surface area is 191 Å². The first-order chi connectivity index (χ1) is 14.4.